The lowest BCUT2D eigenvalue weighted by Gasteiger charge is -2.32. The number of nitrogens with one attached hydrogen (secondary N) is 1. The molecule has 0 aromatic carbocycles. The van der Waals surface area contributed by atoms with Gasteiger partial charge in [0.05, 0.1) is 19.4 Å². The Hall–Kier alpha value is -1.99. The molecule has 1 atom stereocenters. The third-order valence-corrected chi connectivity index (χ3v) is 3.75. The van der Waals surface area contributed by atoms with Crippen molar-refractivity contribution >= 4 is 11.6 Å². The van der Waals surface area contributed by atoms with Gasteiger partial charge >= 0.3 is 0 Å². The Morgan fingerprint density at radius 2 is 2.29 bits per heavy atom. The first-order valence-electron chi connectivity index (χ1n) is 7.14. The van der Waals surface area contributed by atoms with Gasteiger partial charge in [-0.2, -0.15) is 5.10 Å². The summed E-state index contributed by atoms with van der Waals surface area (Å²) >= 11 is 0. The van der Waals surface area contributed by atoms with E-state index in [2.05, 4.69) is 27.2 Å². The van der Waals surface area contributed by atoms with Crippen LogP contribution >= 0.6 is 0 Å². The van der Waals surface area contributed by atoms with Crippen molar-refractivity contribution in [1.82, 2.24) is 24.8 Å². The number of hydrogen-bond acceptors (Lipinski definition) is 5. The highest BCUT2D eigenvalue weighted by molar-refractivity contribution is 5.99. The fourth-order valence-electron chi connectivity index (χ4n) is 2.47. The molecule has 1 N–H and O–H groups in total. The fraction of sp³-hybridized carbons (Fsp3) is 0.500. The molecule has 1 saturated heterocycles. The number of nitrogens with zero attached hydrogens (tertiary/aromatic N) is 4. The first-order chi connectivity index (χ1) is 10.3. The molecule has 0 radical (unpaired) electrons. The highest BCUT2D eigenvalue weighted by atomic mass is 16.5. The molecule has 7 heteroatoms. The quantitative estimate of drug-likeness (QED) is 0.869. The molecular formula is C14H19N5O2. The summed E-state index contributed by atoms with van der Waals surface area (Å²) in [6, 6.07) is 2.06. The van der Waals surface area contributed by atoms with Gasteiger partial charge in [0.1, 0.15) is 5.56 Å². The van der Waals surface area contributed by atoms with E-state index in [0.717, 1.165) is 26.3 Å². The Kier molecular flexibility index (Phi) is 4.12. The lowest BCUT2D eigenvalue weighted by molar-refractivity contribution is 0.0204. The van der Waals surface area contributed by atoms with Crippen LogP contribution < -0.4 is 5.32 Å². The molecular weight excluding hydrogens is 270 g/mol. The van der Waals surface area contributed by atoms with Crippen LogP contribution in [0.15, 0.2) is 24.7 Å². The van der Waals surface area contributed by atoms with Crippen molar-refractivity contribution in [2.45, 2.75) is 13.0 Å². The summed E-state index contributed by atoms with van der Waals surface area (Å²) in [7, 11) is 0. The van der Waals surface area contributed by atoms with E-state index in [-0.39, 0.29) is 11.9 Å². The number of fused-ring (bicyclic) bond motifs is 1. The molecule has 1 fully saturated rings. The molecule has 1 unspecified atom stereocenters. The highest BCUT2D eigenvalue weighted by Crippen LogP contribution is 2.07. The van der Waals surface area contributed by atoms with Gasteiger partial charge in [0.15, 0.2) is 5.65 Å². The second-order valence-electron chi connectivity index (χ2n) is 5.15. The second kappa shape index (κ2) is 6.19. The van der Waals surface area contributed by atoms with E-state index >= 15 is 0 Å². The molecule has 21 heavy (non-hydrogen) atoms. The van der Waals surface area contributed by atoms with Crippen LogP contribution in [-0.4, -0.2) is 64.3 Å². The summed E-state index contributed by atoms with van der Waals surface area (Å²) in [5.41, 5.74) is 1.08. The molecule has 1 aliphatic heterocycles. The van der Waals surface area contributed by atoms with Gasteiger partial charge < -0.3 is 10.1 Å². The maximum atomic E-state index is 12.3. The van der Waals surface area contributed by atoms with Crippen molar-refractivity contribution in [3.63, 3.8) is 0 Å². The molecule has 7 nitrogen and oxygen atoms in total. The van der Waals surface area contributed by atoms with Crippen LogP contribution in [0, 0.1) is 0 Å². The molecule has 3 rings (SSSR count). The molecule has 0 bridgehead atoms. The lowest BCUT2D eigenvalue weighted by Crippen LogP contribution is -2.47. The predicted octanol–water partition coefficient (Wildman–Crippen LogP) is 0.180. The van der Waals surface area contributed by atoms with Crippen molar-refractivity contribution in [2.24, 2.45) is 0 Å². The number of amides is 1. The first kappa shape index (κ1) is 14.0. The SMILES string of the molecule is CC(CNC(=O)c1cnn2cccnc12)N1CCOCC1. The number of aromatic nitrogens is 3. The van der Waals surface area contributed by atoms with Crippen LogP contribution in [0.1, 0.15) is 17.3 Å². The highest BCUT2D eigenvalue weighted by Gasteiger charge is 2.19. The average molecular weight is 289 g/mol. The van der Waals surface area contributed by atoms with Gasteiger partial charge in [-0.05, 0) is 13.0 Å². The summed E-state index contributed by atoms with van der Waals surface area (Å²) in [6.45, 7) is 6.06. The first-order valence-corrected chi connectivity index (χ1v) is 7.14. The van der Waals surface area contributed by atoms with Crippen molar-refractivity contribution in [3.05, 3.63) is 30.2 Å². The third kappa shape index (κ3) is 3.03. The summed E-state index contributed by atoms with van der Waals surface area (Å²) in [4.78, 5) is 18.8. The zero-order valence-electron chi connectivity index (χ0n) is 12.0. The lowest BCUT2D eigenvalue weighted by atomic mass is 10.2. The molecule has 112 valence electrons. The zero-order chi connectivity index (χ0) is 14.7. The van der Waals surface area contributed by atoms with Gasteiger partial charge in [-0.1, -0.05) is 0 Å². The normalized spacial score (nSPS) is 17.8. The van der Waals surface area contributed by atoms with Gasteiger partial charge in [-0.25, -0.2) is 9.50 Å². The molecule has 1 aliphatic rings. The van der Waals surface area contributed by atoms with E-state index in [1.807, 2.05) is 0 Å². The number of carbonyl (C=O) groups is 1. The molecule has 2 aromatic heterocycles. The maximum absolute atomic E-state index is 12.3. The third-order valence-electron chi connectivity index (χ3n) is 3.75. The van der Waals surface area contributed by atoms with Crippen molar-refractivity contribution < 1.29 is 9.53 Å². The molecule has 1 amide bonds. The fourth-order valence-corrected chi connectivity index (χ4v) is 2.47. The Morgan fingerprint density at radius 3 is 3.10 bits per heavy atom. The van der Waals surface area contributed by atoms with E-state index < -0.39 is 0 Å². The zero-order valence-corrected chi connectivity index (χ0v) is 12.0. The summed E-state index contributed by atoms with van der Waals surface area (Å²) in [6.07, 6.45) is 4.98. The standard InChI is InChI=1S/C14H19N5O2/c1-11(18-5-7-21-8-6-18)9-16-14(20)12-10-17-19-4-2-3-15-13(12)19/h2-4,10-11H,5-9H2,1H3,(H,16,20). The Labute approximate surface area is 122 Å². The molecule has 2 aromatic rings. The van der Waals surface area contributed by atoms with Crippen LogP contribution in [0.5, 0.6) is 0 Å². The molecule has 0 spiro atoms. The summed E-state index contributed by atoms with van der Waals surface area (Å²) < 4.78 is 6.93. The van der Waals surface area contributed by atoms with Crippen LogP contribution in [0.3, 0.4) is 0 Å². The number of ether oxygens (including phenoxy) is 1. The van der Waals surface area contributed by atoms with Crippen molar-refractivity contribution in [2.75, 3.05) is 32.8 Å². The van der Waals surface area contributed by atoms with Gasteiger partial charge in [0.25, 0.3) is 5.91 Å². The average Bonchev–Trinajstić information content (AvgIpc) is 2.97. The number of carbonyl (C=O) groups excluding carboxylic acids is 1. The molecule has 0 aliphatic carbocycles. The van der Waals surface area contributed by atoms with E-state index in [4.69, 9.17) is 4.74 Å². The van der Waals surface area contributed by atoms with Crippen LogP contribution in [0.25, 0.3) is 5.65 Å². The Balaban J connectivity index is 1.61. The number of rotatable bonds is 4. The molecule has 0 saturated carbocycles. The topological polar surface area (TPSA) is 71.8 Å². The monoisotopic (exact) mass is 289 g/mol. The largest absolute Gasteiger partial charge is 0.379 e. The van der Waals surface area contributed by atoms with Crippen LogP contribution in [0.4, 0.5) is 0 Å². The van der Waals surface area contributed by atoms with E-state index in [9.17, 15) is 4.79 Å². The van der Waals surface area contributed by atoms with E-state index in [1.54, 1.807) is 29.2 Å². The Morgan fingerprint density at radius 1 is 1.48 bits per heavy atom. The maximum Gasteiger partial charge on any atom is 0.256 e. The van der Waals surface area contributed by atoms with Gasteiger partial charge in [0.2, 0.25) is 0 Å². The summed E-state index contributed by atoms with van der Waals surface area (Å²) in [5, 5.41) is 7.08. The minimum atomic E-state index is -0.135. The second-order valence-corrected chi connectivity index (χ2v) is 5.15. The van der Waals surface area contributed by atoms with Crippen molar-refractivity contribution in [1.29, 1.82) is 0 Å². The number of morpholine rings is 1. The van der Waals surface area contributed by atoms with Crippen LogP contribution in [0.2, 0.25) is 0 Å². The van der Waals surface area contributed by atoms with Gasteiger partial charge in [-0.3, -0.25) is 9.69 Å². The Bertz CT molecular complexity index is 621. The number of hydrogen-bond donors (Lipinski definition) is 1. The van der Waals surface area contributed by atoms with Crippen molar-refractivity contribution in [3.8, 4) is 0 Å². The predicted molar refractivity (Wildman–Crippen MR) is 77.2 cm³/mol. The summed E-state index contributed by atoms with van der Waals surface area (Å²) in [5.74, 6) is -0.135. The van der Waals surface area contributed by atoms with Gasteiger partial charge in [0, 0.05) is 38.1 Å². The van der Waals surface area contributed by atoms with E-state index in [1.165, 1.54) is 0 Å². The minimum Gasteiger partial charge on any atom is -0.379 e. The van der Waals surface area contributed by atoms with E-state index in [0.29, 0.717) is 17.8 Å². The van der Waals surface area contributed by atoms with Crippen LogP contribution in [-0.2, 0) is 4.74 Å². The minimum absolute atomic E-state index is 0.135. The smallest absolute Gasteiger partial charge is 0.256 e. The van der Waals surface area contributed by atoms with Gasteiger partial charge in [-0.15, -0.1) is 0 Å². The molecule has 3 heterocycles.